The predicted molar refractivity (Wildman–Crippen MR) is 127 cm³/mol. The molecular formula is C26H25N3O3. The molecule has 6 heteroatoms. The van der Waals surface area contributed by atoms with Crippen LogP contribution in [0.2, 0.25) is 0 Å². The van der Waals surface area contributed by atoms with Crippen molar-refractivity contribution in [1.29, 1.82) is 0 Å². The second kappa shape index (κ2) is 9.39. The van der Waals surface area contributed by atoms with Crippen LogP contribution in [0.25, 0.3) is 10.9 Å². The van der Waals surface area contributed by atoms with E-state index < -0.39 is 0 Å². The Balaban J connectivity index is 1.57. The number of benzene rings is 3. The summed E-state index contributed by atoms with van der Waals surface area (Å²) in [6.45, 7) is 2.17. The Kier molecular flexibility index (Phi) is 6.22. The molecule has 3 aromatic carbocycles. The lowest BCUT2D eigenvalue weighted by Crippen LogP contribution is -2.15. The first-order chi connectivity index (χ1) is 15.5. The van der Waals surface area contributed by atoms with Crippen LogP contribution in [0, 0.1) is 0 Å². The van der Waals surface area contributed by atoms with E-state index in [2.05, 4.69) is 33.4 Å². The van der Waals surface area contributed by atoms with E-state index in [9.17, 15) is 9.59 Å². The highest BCUT2D eigenvalue weighted by molar-refractivity contribution is 5.98. The van der Waals surface area contributed by atoms with Gasteiger partial charge in [0, 0.05) is 36.3 Å². The normalized spacial score (nSPS) is 10.7. The van der Waals surface area contributed by atoms with Crippen molar-refractivity contribution in [2.45, 2.75) is 19.9 Å². The first kappa shape index (κ1) is 21.2. The summed E-state index contributed by atoms with van der Waals surface area (Å²) < 4.78 is 7.54. The molecule has 32 heavy (non-hydrogen) atoms. The average molecular weight is 428 g/mol. The van der Waals surface area contributed by atoms with Gasteiger partial charge >= 0.3 is 0 Å². The number of aromatic nitrogens is 1. The fourth-order valence-electron chi connectivity index (χ4n) is 3.83. The first-order valence-electron chi connectivity index (χ1n) is 10.4. The molecular weight excluding hydrogens is 402 g/mol. The Labute approximate surface area is 186 Å². The van der Waals surface area contributed by atoms with E-state index in [1.807, 2.05) is 42.6 Å². The molecule has 0 unspecified atom stereocenters. The topological polar surface area (TPSA) is 72.4 Å². The lowest BCUT2D eigenvalue weighted by atomic mass is 10.1. The highest BCUT2D eigenvalue weighted by Crippen LogP contribution is 2.29. The summed E-state index contributed by atoms with van der Waals surface area (Å²) in [6, 6.07) is 23.5. The number of anilines is 2. The molecule has 0 atom stereocenters. The van der Waals surface area contributed by atoms with Crippen molar-refractivity contribution in [2.75, 3.05) is 17.7 Å². The SMILES string of the molecule is COc1ccc(NC(C)=O)cc1NC(=O)Cc1cn(Cc2ccccc2)c2ccccc12. The second-order valence-corrected chi connectivity index (χ2v) is 7.61. The number of carbonyl (C=O) groups excluding carboxylic acids is 2. The lowest BCUT2D eigenvalue weighted by Gasteiger charge is -2.12. The van der Waals surface area contributed by atoms with Crippen LogP contribution < -0.4 is 15.4 Å². The quantitative estimate of drug-likeness (QED) is 0.443. The number of para-hydroxylation sites is 1. The van der Waals surface area contributed by atoms with E-state index in [1.54, 1.807) is 25.3 Å². The molecule has 6 nitrogen and oxygen atoms in total. The maximum absolute atomic E-state index is 12.9. The highest BCUT2D eigenvalue weighted by atomic mass is 16.5. The van der Waals surface area contributed by atoms with Crippen molar-refractivity contribution in [1.82, 2.24) is 4.57 Å². The van der Waals surface area contributed by atoms with E-state index in [4.69, 9.17) is 4.74 Å². The van der Waals surface area contributed by atoms with Gasteiger partial charge in [-0.15, -0.1) is 0 Å². The van der Waals surface area contributed by atoms with E-state index in [-0.39, 0.29) is 18.2 Å². The average Bonchev–Trinajstić information content (AvgIpc) is 3.11. The van der Waals surface area contributed by atoms with E-state index in [0.717, 1.165) is 23.0 Å². The molecule has 0 saturated carbocycles. The maximum Gasteiger partial charge on any atom is 0.228 e. The van der Waals surface area contributed by atoms with Crippen LogP contribution >= 0.6 is 0 Å². The van der Waals surface area contributed by atoms with Crippen LogP contribution in [-0.4, -0.2) is 23.5 Å². The summed E-state index contributed by atoms with van der Waals surface area (Å²) in [5.41, 5.74) is 4.34. The molecule has 4 rings (SSSR count). The molecule has 2 N–H and O–H groups in total. The van der Waals surface area contributed by atoms with Gasteiger partial charge in [-0.2, -0.15) is 0 Å². The van der Waals surface area contributed by atoms with Crippen molar-refractivity contribution in [2.24, 2.45) is 0 Å². The second-order valence-electron chi connectivity index (χ2n) is 7.61. The standard InChI is InChI=1S/C26H25N3O3/c1-18(30)27-21-12-13-25(32-2)23(15-21)28-26(31)14-20-17-29(16-19-8-4-3-5-9-19)24-11-7-6-10-22(20)24/h3-13,15,17H,14,16H2,1-2H3,(H,27,30)(H,28,31). The molecule has 0 aliphatic heterocycles. The van der Waals surface area contributed by atoms with Crippen molar-refractivity contribution in [3.05, 3.63) is 90.1 Å². The lowest BCUT2D eigenvalue weighted by molar-refractivity contribution is -0.115. The minimum absolute atomic E-state index is 0.161. The van der Waals surface area contributed by atoms with Gasteiger partial charge in [0.1, 0.15) is 5.75 Å². The summed E-state index contributed by atoms with van der Waals surface area (Å²) in [4.78, 5) is 24.3. The number of nitrogens with zero attached hydrogens (tertiary/aromatic N) is 1. The molecule has 2 amide bonds. The van der Waals surface area contributed by atoms with Crippen LogP contribution in [-0.2, 0) is 22.6 Å². The monoisotopic (exact) mass is 427 g/mol. The van der Waals surface area contributed by atoms with E-state index in [0.29, 0.717) is 17.1 Å². The number of rotatable bonds is 7. The minimum Gasteiger partial charge on any atom is -0.495 e. The fourth-order valence-corrected chi connectivity index (χ4v) is 3.83. The van der Waals surface area contributed by atoms with Gasteiger partial charge in [0.15, 0.2) is 0 Å². The third-order valence-electron chi connectivity index (χ3n) is 5.21. The van der Waals surface area contributed by atoms with Gasteiger partial charge in [-0.05, 0) is 35.4 Å². The summed E-state index contributed by atoms with van der Waals surface area (Å²) in [6.07, 6.45) is 2.26. The summed E-state index contributed by atoms with van der Waals surface area (Å²) in [7, 11) is 1.54. The number of nitrogens with one attached hydrogen (secondary N) is 2. The molecule has 0 aliphatic carbocycles. The zero-order valence-corrected chi connectivity index (χ0v) is 18.1. The van der Waals surface area contributed by atoms with Gasteiger partial charge in [0.25, 0.3) is 0 Å². The number of fused-ring (bicyclic) bond motifs is 1. The van der Waals surface area contributed by atoms with Gasteiger partial charge < -0.3 is 19.9 Å². The largest absolute Gasteiger partial charge is 0.495 e. The van der Waals surface area contributed by atoms with Crippen molar-refractivity contribution in [3.63, 3.8) is 0 Å². The van der Waals surface area contributed by atoms with Crippen LogP contribution in [0.3, 0.4) is 0 Å². The molecule has 0 fully saturated rings. The summed E-state index contributed by atoms with van der Waals surface area (Å²) in [5.74, 6) is 0.184. The molecule has 0 spiro atoms. The molecule has 162 valence electrons. The number of hydrogen-bond acceptors (Lipinski definition) is 3. The van der Waals surface area contributed by atoms with E-state index >= 15 is 0 Å². The van der Waals surface area contributed by atoms with Crippen LogP contribution in [0.1, 0.15) is 18.1 Å². The Hall–Kier alpha value is -4.06. The minimum atomic E-state index is -0.182. The number of ether oxygens (including phenoxy) is 1. The Morgan fingerprint density at radius 1 is 0.938 bits per heavy atom. The third kappa shape index (κ3) is 4.81. The molecule has 0 saturated heterocycles. The molecule has 0 radical (unpaired) electrons. The fraction of sp³-hybridized carbons (Fsp3) is 0.154. The number of amides is 2. The smallest absolute Gasteiger partial charge is 0.228 e. The van der Waals surface area contributed by atoms with Crippen molar-refractivity contribution < 1.29 is 14.3 Å². The van der Waals surface area contributed by atoms with Gasteiger partial charge in [0.05, 0.1) is 19.2 Å². The van der Waals surface area contributed by atoms with Crippen LogP contribution in [0.4, 0.5) is 11.4 Å². The maximum atomic E-state index is 12.9. The number of methoxy groups -OCH3 is 1. The highest BCUT2D eigenvalue weighted by Gasteiger charge is 2.14. The summed E-state index contributed by atoms with van der Waals surface area (Å²) in [5, 5.41) is 6.70. The molecule has 0 bridgehead atoms. The first-order valence-corrected chi connectivity index (χ1v) is 10.4. The Morgan fingerprint density at radius 2 is 1.69 bits per heavy atom. The molecule has 4 aromatic rings. The predicted octanol–water partition coefficient (Wildman–Crippen LogP) is 4.84. The zero-order valence-electron chi connectivity index (χ0n) is 18.1. The van der Waals surface area contributed by atoms with E-state index in [1.165, 1.54) is 12.5 Å². The molecule has 0 aliphatic rings. The number of carbonyl (C=O) groups is 2. The Bertz CT molecular complexity index is 1260. The summed E-state index contributed by atoms with van der Waals surface area (Å²) >= 11 is 0. The van der Waals surface area contributed by atoms with Crippen molar-refractivity contribution in [3.8, 4) is 5.75 Å². The van der Waals surface area contributed by atoms with Gasteiger partial charge in [-0.1, -0.05) is 48.5 Å². The van der Waals surface area contributed by atoms with Gasteiger partial charge in [-0.25, -0.2) is 0 Å². The number of hydrogen-bond donors (Lipinski definition) is 2. The van der Waals surface area contributed by atoms with Crippen LogP contribution in [0.15, 0.2) is 79.0 Å². The van der Waals surface area contributed by atoms with Gasteiger partial charge in [0.2, 0.25) is 11.8 Å². The zero-order chi connectivity index (χ0) is 22.5. The van der Waals surface area contributed by atoms with Gasteiger partial charge in [-0.3, -0.25) is 9.59 Å². The Morgan fingerprint density at radius 3 is 2.44 bits per heavy atom. The third-order valence-corrected chi connectivity index (χ3v) is 5.21. The van der Waals surface area contributed by atoms with Crippen LogP contribution in [0.5, 0.6) is 5.75 Å². The molecule has 1 aromatic heterocycles. The van der Waals surface area contributed by atoms with Crippen molar-refractivity contribution >= 4 is 34.1 Å². The molecule has 1 heterocycles.